The first-order chi connectivity index (χ1) is 9.63. The maximum Gasteiger partial charge on any atom is 0.337 e. The quantitative estimate of drug-likeness (QED) is 0.767. The Morgan fingerprint density at radius 1 is 1.25 bits per heavy atom. The van der Waals surface area contributed by atoms with Gasteiger partial charge in [0.1, 0.15) is 0 Å². The molecule has 0 aliphatic rings. The van der Waals surface area contributed by atoms with E-state index < -0.39 is 5.97 Å². The molecular formula is C13H10N2O4S. The van der Waals surface area contributed by atoms with E-state index in [2.05, 4.69) is 4.98 Å². The largest absolute Gasteiger partial charge is 0.492 e. The Kier molecular flexibility index (Phi) is 3.03. The van der Waals surface area contributed by atoms with Gasteiger partial charge >= 0.3 is 5.97 Å². The van der Waals surface area contributed by atoms with Crippen LogP contribution < -0.4 is 4.84 Å². The van der Waals surface area contributed by atoms with Gasteiger partial charge in [-0.05, 0) is 17.7 Å². The minimum absolute atomic E-state index is 0.0326. The summed E-state index contributed by atoms with van der Waals surface area (Å²) in [6.07, 6.45) is 0.0326. The number of carbonyl (C=O) groups is 1. The number of fused-ring (bicyclic) bond motifs is 1. The van der Waals surface area contributed by atoms with Gasteiger partial charge in [0.15, 0.2) is 0 Å². The van der Waals surface area contributed by atoms with Crippen LogP contribution in [0.3, 0.4) is 0 Å². The SMILES string of the molecule is O=C(Cc1ccc2ncsc2c1)On1c(O)ccc1O. The molecule has 6 nitrogen and oxygen atoms in total. The minimum Gasteiger partial charge on any atom is -0.492 e. The molecule has 0 fully saturated rings. The Hall–Kier alpha value is -2.54. The number of rotatable bonds is 3. The molecule has 2 N–H and O–H groups in total. The van der Waals surface area contributed by atoms with E-state index in [4.69, 9.17) is 4.84 Å². The summed E-state index contributed by atoms with van der Waals surface area (Å²) in [5.41, 5.74) is 3.40. The second kappa shape index (κ2) is 4.86. The molecule has 0 bridgehead atoms. The van der Waals surface area contributed by atoms with E-state index in [1.807, 2.05) is 12.1 Å². The fourth-order valence-electron chi connectivity index (χ4n) is 1.81. The van der Waals surface area contributed by atoms with Crippen LogP contribution in [0.5, 0.6) is 11.8 Å². The molecule has 0 saturated heterocycles. The first-order valence-corrected chi connectivity index (χ1v) is 6.64. The maximum atomic E-state index is 11.8. The predicted molar refractivity (Wildman–Crippen MR) is 72.7 cm³/mol. The molecule has 102 valence electrons. The third-order valence-corrected chi connectivity index (χ3v) is 3.53. The van der Waals surface area contributed by atoms with Crippen LogP contribution in [-0.4, -0.2) is 25.9 Å². The van der Waals surface area contributed by atoms with Crippen LogP contribution in [-0.2, 0) is 11.2 Å². The minimum atomic E-state index is -0.587. The second-order valence-corrected chi connectivity index (χ2v) is 5.02. The zero-order chi connectivity index (χ0) is 14.1. The van der Waals surface area contributed by atoms with Crippen molar-refractivity contribution < 1.29 is 19.8 Å². The molecule has 2 heterocycles. The summed E-state index contributed by atoms with van der Waals surface area (Å²) in [4.78, 5) is 20.8. The van der Waals surface area contributed by atoms with Crippen LogP contribution in [0.25, 0.3) is 10.2 Å². The second-order valence-electron chi connectivity index (χ2n) is 4.14. The third-order valence-electron chi connectivity index (χ3n) is 2.73. The molecule has 2 aromatic heterocycles. The summed E-state index contributed by atoms with van der Waals surface area (Å²) in [7, 11) is 0. The highest BCUT2D eigenvalue weighted by Gasteiger charge is 2.13. The summed E-state index contributed by atoms with van der Waals surface area (Å²) in [6.45, 7) is 0. The lowest BCUT2D eigenvalue weighted by molar-refractivity contribution is -0.144. The van der Waals surface area contributed by atoms with Gasteiger partial charge in [0, 0.05) is 12.1 Å². The Morgan fingerprint density at radius 2 is 2.00 bits per heavy atom. The summed E-state index contributed by atoms with van der Waals surface area (Å²) in [5, 5.41) is 18.8. The summed E-state index contributed by atoms with van der Waals surface area (Å²) in [6, 6.07) is 7.94. The van der Waals surface area contributed by atoms with E-state index in [-0.39, 0.29) is 18.2 Å². The Labute approximate surface area is 117 Å². The molecule has 0 aliphatic heterocycles. The highest BCUT2D eigenvalue weighted by atomic mass is 32.1. The molecule has 0 aliphatic carbocycles. The molecular weight excluding hydrogens is 280 g/mol. The van der Waals surface area contributed by atoms with Crippen molar-refractivity contribution >= 4 is 27.5 Å². The molecule has 20 heavy (non-hydrogen) atoms. The average molecular weight is 290 g/mol. The zero-order valence-corrected chi connectivity index (χ0v) is 11.0. The van der Waals surface area contributed by atoms with E-state index in [0.717, 1.165) is 15.8 Å². The molecule has 0 unspecified atom stereocenters. The fraction of sp³-hybridized carbons (Fsp3) is 0.0769. The van der Waals surface area contributed by atoms with Gasteiger partial charge in [-0.2, -0.15) is 0 Å². The smallest absolute Gasteiger partial charge is 0.337 e. The lowest BCUT2D eigenvalue weighted by Gasteiger charge is -2.06. The zero-order valence-electron chi connectivity index (χ0n) is 10.2. The Balaban J connectivity index is 1.75. The van der Waals surface area contributed by atoms with Crippen molar-refractivity contribution in [3.8, 4) is 11.8 Å². The third kappa shape index (κ3) is 2.30. The fourth-order valence-corrected chi connectivity index (χ4v) is 2.55. The van der Waals surface area contributed by atoms with Gasteiger partial charge in [0.25, 0.3) is 0 Å². The van der Waals surface area contributed by atoms with Gasteiger partial charge in [-0.1, -0.05) is 6.07 Å². The molecule has 0 radical (unpaired) electrons. The van der Waals surface area contributed by atoms with Gasteiger partial charge in [-0.3, -0.25) is 0 Å². The number of carbonyl (C=O) groups excluding carboxylic acids is 1. The summed E-state index contributed by atoms with van der Waals surface area (Å²) < 4.78 is 1.66. The molecule has 3 rings (SSSR count). The molecule has 0 atom stereocenters. The first-order valence-electron chi connectivity index (χ1n) is 5.76. The van der Waals surface area contributed by atoms with E-state index in [1.165, 1.54) is 23.5 Å². The summed E-state index contributed by atoms with van der Waals surface area (Å²) >= 11 is 1.49. The lowest BCUT2D eigenvalue weighted by atomic mass is 10.1. The van der Waals surface area contributed by atoms with Gasteiger partial charge in [0.2, 0.25) is 11.8 Å². The average Bonchev–Trinajstić information content (AvgIpc) is 3.00. The Bertz CT molecular complexity index is 758. The number of hydrogen-bond acceptors (Lipinski definition) is 6. The molecule has 3 aromatic rings. The molecule has 1 aromatic carbocycles. The van der Waals surface area contributed by atoms with Crippen LogP contribution in [0.2, 0.25) is 0 Å². The van der Waals surface area contributed by atoms with Crippen molar-refractivity contribution in [1.82, 2.24) is 9.71 Å². The molecule has 7 heteroatoms. The van der Waals surface area contributed by atoms with Crippen LogP contribution >= 0.6 is 11.3 Å². The summed E-state index contributed by atoms with van der Waals surface area (Å²) in [5.74, 6) is -1.27. The standard InChI is InChI=1S/C13H10N2O4S/c16-11-3-4-12(17)15(11)19-13(18)6-8-1-2-9-10(5-8)20-7-14-9/h1-5,7,16-17H,6H2. The van der Waals surface area contributed by atoms with E-state index in [0.29, 0.717) is 4.73 Å². The van der Waals surface area contributed by atoms with Crippen LogP contribution in [0.1, 0.15) is 5.56 Å². The van der Waals surface area contributed by atoms with Crippen molar-refractivity contribution in [2.75, 3.05) is 0 Å². The van der Waals surface area contributed by atoms with Crippen molar-refractivity contribution in [2.24, 2.45) is 0 Å². The van der Waals surface area contributed by atoms with Gasteiger partial charge in [0.05, 0.1) is 22.1 Å². The highest BCUT2D eigenvalue weighted by Crippen LogP contribution is 2.21. The number of thiazole rings is 1. The highest BCUT2D eigenvalue weighted by molar-refractivity contribution is 7.16. The van der Waals surface area contributed by atoms with Gasteiger partial charge in [-0.15, -0.1) is 16.1 Å². The maximum absolute atomic E-state index is 11.8. The van der Waals surface area contributed by atoms with Crippen molar-refractivity contribution in [3.05, 3.63) is 41.4 Å². The van der Waals surface area contributed by atoms with E-state index in [1.54, 1.807) is 11.6 Å². The number of aromatic nitrogens is 2. The van der Waals surface area contributed by atoms with Crippen molar-refractivity contribution in [1.29, 1.82) is 0 Å². The number of benzene rings is 1. The van der Waals surface area contributed by atoms with Gasteiger partial charge in [-0.25, -0.2) is 9.78 Å². The Morgan fingerprint density at radius 3 is 2.75 bits per heavy atom. The normalized spacial score (nSPS) is 10.8. The molecule has 0 spiro atoms. The first kappa shape index (κ1) is 12.5. The van der Waals surface area contributed by atoms with Gasteiger partial charge < -0.3 is 15.1 Å². The number of hydrogen-bond donors (Lipinski definition) is 2. The van der Waals surface area contributed by atoms with Crippen molar-refractivity contribution in [3.63, 3.8) is 0 Å². The van der Waals surface area contributed by atoms with Crippen LogP contribution in [0, 0.1) is 0 Å². The molecule has 0 amide bonds. The lowest BCUT2D eigenvalue weighted by Crippen LogP contribution is -2.20. The van der Waals surface area contributed by atoms with E-state index in [9.17, 15) is 15.0 Å². The topological polar surface area (TPSA) is 84.6 Å². The van der Waals surface area contributed by atoms with Crippen molar-refractivity contribution in [2.45, 2.75) is 6.42 Å². The van der Waals surface area contributed by atoms with E-state index >= 15 is 0 Å². The number of aromatic hydroxyl groups is 2. The predicted octanol–water partition coefficient (Wildman–Crippen LogP) is 1.71. The molecule has 0 saturated carbocycles. The van der Waals surface area contributed by atoms with Crippen LogP contribution in [0.15, 0.2) is 35.8 Å². The number of nitrogens with zero attached hydrogens (tertiary/aromatic N) is 2. The monoisotopic (exact) mass is 290 g/mol. The van der Waals surface area contributed by atoms with Crippen LogP contribution in [0.4, 0.5) is 0 Å².